The van der Waals surface area contributed by atoms with Crippen LogP contribution < -0.4 is 10.6 Å². The molecule has 274 valence electrons. The standard InChI is InChI=1S/C34H56N2O12/c1-19(2)22(30(43)36-24(31(44)45)18-28(41)48-34(10,11)12)17-25(38)23(13-14-26(39)46-32(4,5)6)35-29(42)21(15-20(3)37)16-27(40)47-33(7,8)9/h19,21-24H,13-18H2,1-12H3,(H,35,42)(H,36,43)(H,44,45)/t21-,22-,23-,24-/m0/s1. The van der Waals surface area contributed by atoms with E-state index in [1.807, 2.05) is 0 Å². The van der Waals surface area contributed by atoms with Gasteiger partial charge in [-0.05, 0) is 81.6 Å². The number of carbonyl (C=O) groups excluding carboxylic acids is 7. The summed E-state index contributed by atoms with van der Waals surface area (Å²) in [5.41, 5.74) is -2.55. The first-order valence-corrected chi connectivity index (χ1v) is 16.1. The average molecular weight is 685 g/mol. The van der Waals surface area contributed by atoms with Gasteiger partial charge in [0.2, 0.25) is 11.8 Å². The Labute approximate surface area is 283 Å². The summed E-state index contributed by atoms with van der Waals surface area (Å²) < 4.78 is 15.8. The molecule has 0 aliphatic rings. The summed E-state index contributed by atoms with van der Waals surface area (Å²) in [4.78, 5) is 102. The zero-order valence-electron chi connectivity index (χ0n) is 30.6. The Balaban J connectivity index is 6.19. The van der Waals surface area contributed by atoms with Crippen LogP contribution in [0.2, 0.25) is 0 Å². The molecule has 0 aromatic rings. The van der Waals surface area contributed by atoms with Crippen LogP contribution in [0.15, 0.2) is 0 Å². The molecular weight excluding hydrogens is 628 g/mol. The fourth-order valence-corrected chi connectivity index (χ4v) is 4.47. The maximum absolute atomic E-state index is 13.7. The van der Waals surface area contributed by atoms with Gasteiger partial charge in [0, 0.05) is 25.2 Å². The molecule has 48 heavy (non-hydrogen) atoms. The predicted molar refractivity (Wildman–Crippen MR) is 174 cm³/mol. The van der Waals surface area contributed by atoms with E-state index in [-0.39, 0.29) is 25.0 Å². The SMILES string of the molecule is CC(=O)C[C@@H](CC(=O)OC(C)(C)C)C(=O)N[C@@H](CCC(=O)OC(C)(C)C)C(=O)C[C@H](C(=O)N[C@@H](CC(=O)OC(C)(C)C)C(=O)O)C(C)C. The number of rotatable bonds is 18. The Bertz CT molecular complexity index is 1190. The van der Waals surface area contributed by atoms with Crippen molar-refractivity contribution in [2.45, 2.75) is 150 Å². The van der Waals surface area contributed by atoms with Crippen LogP contribution in [0.5, 0.6) is 0 Å². The van der Waals surface area contributed by atoms with E-state index in [2.05, 4.69) is 10.6 Å². The molecule has 3 N–H and O–H groups in total. The molecule has 0 aromatic heterocycles. The first-order valence-electron chi connectivity index (χ1n) is 16.1. The molecule has 0 heterocycles. The minimum absolute atomic E-state index is 0.221. The molecule has 0 fully saturated rings. The largest absolute Gasteiger partial charge is 0.480 e. The monoisotopic (exact) mass is 684 g/mol. The summed E-state index contributed by atoms with van der Waals surface area (Å²) in [5, 5.41) is 14.5. The highest BCUT2D eigenvalue weighted by molar-refractivity contribution is 5.96. The second-order valence-corrected chi connectivity index (χ2v) is 15.3. The van der Waals surface area contributed by atoms with E-state index in [0.29, 0.717) is 0 Å². The second kappa shape index (κ2) is 18.6. The van der Waals surface area contributed by atoms with Crippen LogP contribution >= 0.6 is 0 Å². The lowest BCUT2D eigenvalue weighted by atomic mass is 9.86. The van der Waals surface area contributed by atoms with Crippen molar-refractivity contribution in [3.05, 3.63) is 0 Å². The normalized spacial score (nSPS) is 14.5. The Morgan fingerprint density at radius 1 is 0.604 bits per heavy atom. The highest BCUT2D eigenvalue weighted by Gasteiger charge is 2.35. The third-order valence-electron chi connectivity index (χ3n) is 6.47. The molecule has 2 amide bonds. The molecule has 0 aromatic carbocycles. The van der Waals surface area contributed by atoms with E-state index in [4.69, 9.17) is 14.2 Å². The fraction of sp³-hybridized carbons (Fsp3) is 0.765. The molecular formula is C34H56N2O12. The molecule has 0 radical (unpaired) electrons. The number of hydrogen-bond acceptors (Lipinski definition) is 11. The van der Waals surface area contributed by atoms with E-state index in [1.54, 1.807) is 76.2 Å². The number of nitrogens with one attached hydrogen (secondary N) is 2. The van der Waals surface area contributed by atoms with Gasteiger partial charge in [0.15, 0.2) is 5.78 Å². The van der Waals surface area contributed by atoms with Crippen molar-refractivity contribution in [2.75, 3.05) is 0 Å². The smallest absolute Gasteiger partial charge is 0.326 e. The van der Waals surface area contributed by atoms with E-state index < -0.39 is 107 Å². The van der Waals surface area contributed by atoms with Gasteiger partial charge in [-0.1, -0.05) is 13.8 Å². The van der Waals surface area contributed by atoms with Gasteiger partial charge < -0.3 is 34.7 Å². The molecule has 0 aliphatic carbocycles. The lowest BCUT2D eigenvalue weighted by Gasteiger charge is -2.27. The van der Waals surface area contributed by atoms with Crippen molar-refractivity contribution in [3.8, 4) is 0 Å². The number of carboxylic acids is 1. The van der Waals surface area contributed by atoms with Crippen LogP contribution in [0, 0.1) is 17.8 Å². The number of amides is 2. The predicted octanol–water partition coefficient (Wildman–Crippen LogP) is 3.45. The van der Waals surface area contributed by atoms with Gasteiger partial charge in [-0.25, -0.2) is 4.79 Å². The maximum atomic E-state index is 13.7. The Morgan fingerprint density at radius 2 is 1.04 bits per heavy atom. The van der Waals surface area contributed by atoms with Crippen molar-refractivity contribution in [1.29, 1.82) is 0 Å². The number of esters is 3. The van der Waals surface area contributed by atoms with Crippen LogP contribution in [0.25, 0.3) is 0 Å². The number of ketones is 2. The molecule has 0 aliphatic heterocycles. The number of aliphatic carboxylic acids is 1. The molecule has 0 unspecified atom stereocenters. The highest BCUT2D eigenvalue weighted by atomic mass is 16.6. The Hall–Kier alpha value is -3.84. The summed E-state index contributed by atoms with van der Waals surface area (Å²) in [6, 6.07) is -2.96. The van der Waals surface area contributed by atoms with E-state index in [9.17, 15) is 43.5 Å². The molecule has 14 heteroatoms. The lowest BCUT2D eigenvalue weighted by Crippen LogP contribution is -2.49. The van der Waals surface area contributed by atoms with E-state index >= 15 is 0 Å². The number of Topliss-reactive ketones (excluding diaryl/α,β-unsaturated/α-hetero) is 2. The highest BCUT2D eigenvalue weighted by Crippen LogP contribution is 2.21. The molecule has 0 rings (SSSR count). The van der Waals surface area contributed by atoms with Gasteiger partial charge in [-0.2, -0.15) is 0 Å². The van der Waals surface area contributed by atoms with Gasteiger partial charge in [-0.15, -0.1) is 0 Å². The van der Waals surface area contributed by atoms with Gasteiger partial charge in [0.1, 0.15) is 28.6 Å². The summed E-state index contributed by atoms with van der Waals surface area (Å²) >= 11 is 0. The molecule has 0 bridgehead atoms. The van der Waals surface area contributed by atoms with Crippen LogP contribution in [0.3, 0.4) is 0 Å². The van der Waals surface area contributed by atoms with Gasteiger partial charge in [-0.3, -0.25) is 28.8 Å². The van der Waals surface area contributed by atoms with Gasteiger partial charge >= 0.3 is 23.9 Å². The number of hydrogen-bond donors (Lipinski definition) is 3. The van der Waals surface area contributed by atoms with Crippen LogP contribution in [0.4, 0.5) is 0 Å². The quantitative estimate of drug-likeness (QED) is 0.140. The molecule has 14 nitrogen and oxygen atoms in total. The number of carboxylic acid groups (broad SMARTS) is 1. The number of carbonyl (C=O) groups is 8. The van der Waals surface area contributed by atoms with Crippen LogP contribution in [-0.4, -0.2) is 81.3 Å². The summed E-state index contributed by atoms with van der Waals surface area (Å²) in [6.45, 7) is 19.3. The first-order chi connectivity index (χ1) is 21.6. The van der Waals surface area contributed by atoms with Crippen molar-refractivity contribution < 1.29 is 57.7 Å². The van der Waals surface area contributed by atoms with E-state index in [0.717, 1.165) is 0 Å². The topological polar surface area (TPSA) is 209 Å². The first kappa shape index (κ1) is 44.2. The third kappa shape index (κ3) is 19.7. The minimum Gasteiger partial charge on any atom is -0.480 e. The molecule has 0 spiro atoms. The zero-order chi connectivity index (χ0) is 37.8. The average Bonchev–Trinajstić information content (AvgIpc) is 2.84. The van der Waals surface area contributed by atoms with Gasteiger partial charge in [0.05, 0.1) is 24.8 Å². The lowest BCUT2D eigenvalue weighted by molar-refractivity contribution is -0.159. The Kier molecular flexibility index (Phi) is 17.1. The summed E-state index contributed by atoms with van der Waals surface area (Å²) in [7, 11) is 0. The maximum Gasteiger partial charge on any atom is 0.326 e. The molecule has 0 saturated heterocycles. The molecule has 0 saturated carbocycles. The van der Waals surface area contributed by atoms with Crippen molar-refractivity contribution in [1.82, 2.24) is 10.6 Å². The number of ether oxygens (including phenoxy) is 3. The minimum atomic E-state index is -1.63. The van der Waals surface area contributed by atoms with Crippen molar-refractivity contribution in [3.63, 3.8) is 0 Å². The van der Waals surface area contributed by atoms with E-state index in [1.165, 1.54) is 6.92 Å². The second-order valence-electron chi connectivity index (χ2n) is 15.3. The van der Waals surface area contributed by atoms with Crippen LogP contribution in [0.1, 0.15) is 122 Å². The van der Waals surface area contributed by atoms with Crippen molar-refractivity contribution >= 4 is 47.3 Å². The van der Waals surface area contributed by atoms with Crippen LogP contribution in [-0.2, 0) is 52.6 Å². The van der Waals surface area contributed by atoms with Crippen molar-refractivity contribution in [2.24, 2.45) is 17.8 Å². The summed E-state index contributed by atoms with van der Waals surface area (Å²) in [6.07, 6.45) is -2.38. The fourth-order valence-electron chi connectivity index (χ4n) is 4.47. The van der Waals surface area contributed by atoms with Gasteiger partial charge in [0.25, 0.3) is 0 Å². The third-order valence-corrected chi connectivity index (χ3v) is 6.47. The molecule has 4 atom stereocenters. The zero-order valence-corrected chi connectivity index (χ0v) is 30.6. The summed E-state index contributed by atoms with van der Waals surface area (Å²) in [5.74, 6) is -9.11. The Morgan fingerprint density at radius 3 is 1.46 bits per heavy atom.